The zero-order valence-corrected chi connectivity index (χ0v) is 12.9. The van der Waals surface area contributed by atoms with Crippen LogP contribution in [0.2, 0.25) is 0 Å². The third-order valence-electron chi connectivity index (χ3n) is 4.75. The summed E-state index contributed by atoms with van der Waals surface area (Å²) >= 11 is 0. The van der Waals surface area contributed by atoms with E-state index in [2.05, 4.69) is 30.0 Å². The molecule has 1 aliphatic carbocycles. The molecule has 0 bridgehead atoms. The van der Waals surface area contributed by atoms with Crippen molar-refractivity contribution < 1.29 is 5.11 Å². The Labute approximate surface area is 128 Å². The molecule has 0 aromatic heterocycles. The molecule has 2 rings (SSSR count). The summed E-state index contributed by atoms with van der Waals surface area (Å²) in [5, 5.41) is 18.9. The van der Waals surface area contributed by atoms with Gasteiger partial charge in [0.25, 0.3) is 0 Å². The van der Waals surface area contributed by atoms with Gasteiger partial charge in [0.1, 0.15) is 0 Å². The molecule has 1 aromatic rings. The number of aliphatic hydroxyl groups is 1. The number of rotatable bonds is 6. The number of aliphatic hydroxyl groups excluding tert-OH is 1. The molecule has 0 spiro atoms. The zero-order valence-electron chi connectivity index (χ0n) is 12.9. The molecular formula is C18H26N2O. The van der Waals surface area contributed by atoms with Gasteiger partial charge < -0.3 is 5.11 Å². The fourth-order valence-electron chi connectivity index (χ4n) is 3.46. The highest BCUT2D eigenvalue weighted by Gasteiger charge is 2.33. The van der Waals surface area contributed by atoms with E-state index < -0.39 is 0 Å². The fraction of sp³-hybridized carbons (Fsp3) is 0.611. The molecular weight excluding hydrogens is 260 g/mol. The Bertz CT molecular complexity index is 454. The predicted octanol–water partition coefficient (Wildman–Crippen LogP) is 3.20. The second-order valence-corrected chi connectivity index (χ2v) is 6.07. The van der Waals surface area contributed by atoms with Crippen molar-refractivity contribution >= 4 is 0 Å². The van der Waals surface area contributed by atoms with Crippen LogP contribution in [0.4, 0.5) is 0 Å². The molecule has 114 valence electrons. The fourth-order valence-corrected chi connectivity index (χ4v) is 3.46. The zero-order chi connectivity index (χ0) is 15.1. The lowest BCUT2D eigenvalue weighted by atomic mass is 9.77. The summed E-state index contributed by atoms with van der Waals surface area (Å²) < 4.78 is 0. The Morgan fingerprint density at radius 3 is 2.67 bits per heavy atom. The molecule has 3 atom stereocenters. The van der Waals surface area contributed by atoms with Crippen molar-refractivity contribution in [3.8, 4) is 6.07 Å². The molecule has 1 fully saturated rings. The van der Waals surface area contributed by atoms with Crippen LogP contribution >= 0.6 is 0 Å². The average Bonchev–Trinajstić information content (AvgIpc) is 2.55. The van der Waals surface area contributed by atoms with Gasteiger partial charge in [-0.2, -0.15) is 5.26 Å². The van der Waals surface area contributed by atoms with Crippen molar-refractivity contribution in [1.82, 2.24) is 4.90 Å². The van der Waals surface area contributed by atoms with E-state index in [-0.39, 0.29) is 18.6 Å². The second-order valence-electron chi connectivity index (χ2n) is 6.07. The van der Waals surface area contributed by atoms with E-state index in [1.54, 1.807) is 0 Å². The number of benzene rings is 1. The molecule has 0 amide bonds. The Morgan fingerprint density at radius 2 is 2.05 bits per heavy atom. The lowest BCUT2D eigenvalue weighted by Crippen LogP contribution is -2.44. The average molecular weight is 286 g/mol. The highest BCUT2D eigenvalue weighted by Crippen LogP contribution is 2.34. The minimum Gasteiger partial charge on any atom is -0.395 e. The molecule has 1 aliphatic rings. The van der Waals surface area contributed by atoms with Crippen LogP contribution in [-0.2, 0) is 6.54 Å². The van der Waals surface area contributed by atoms with Crippen molar-refractivity contribution in [1.29, 1.82) is 5.26 Å². The molecule has 3 heteroatoms. The van der Waals surface area contributed by atoms with Crippen molar-refractivity contribution in [2.45, 2.75) is 45.2 Å². The van der Waals surface area contributed by atoms with Crippen LogP contribution in [0.3, 0.4) is 0 Å². The van der Waals surface area contributed by atoms with Crippen LogP contribution in [-0.4, -0.2) is 29.2 Å². The lowest BCUT2D eigenvalue weighted by molar-refractivity contribution is 0.0749. The van der Waals surface area contributed by atoms with Gasteiger partial charge in [-0.05, 0) is 30.7 Å². The van der Waals surface area contributed by atoms with Crippen LogP contribution in [0.5, 0.6) is 0 Å². The molecule has 1 saturated carbocycles. The number of hydrogen-bond donors (Lipinski definition) is 1. The van der Waals surface area contributed by atoms with Gasteiger partial charge in [-0.15, -0.1) is 0 Å². The van der Waals surface area contributed by atoms with Gasteiger partial charge in [-0.3, -0.25) is 4.90 Å². The maximum atomic E-state index is 9.46. The molecule has 0 saturated heterocycles. The van der Waals surface area contributed by atoms with Gasteiger partial charge in [0.2, 0.25) is 0 Å². The lowest BCUT2D eigenvalue weighted by Gasteiger charge is -2.40. The van der Waals surface area contributed by atoms with Gasteiger partial charge in [0.05, 0.1) is 18.6 Å². The van der Waals surface area contributed by atoms with Crippen LogP contribution in [0.15, 0.2) is 30.3 Å². The highest BCUT2D eigenvalue weighted by molar-refractivity contribution is 5.15. The maximum absolute atomic E-state index is 9.46. The molecule has 1 aromatic carbocycles. The van der Waals surface area contributed by atoms with E-state index in [1.807, 2.05) is 18.2 Å². The smallest absolute Gasteiger partial charge is 0.0672 e. The predicted molar refractivity (Wildman–Crippen MR) is 84.5 cm³/mol. The molecule has 3 nitrogen and oxygen atoms in total. The Hall–Kier alpha value is -1.37. The van der Waals surface area contributed by atoms with E-state index in [4.69, 9.17) is 0 Å². The molecule has 1 N–H and O–H groups in total. The normalized spacial score (nSPS) is 25.7. The summed E-state index contributed by atoms with van der Waals surface area (Å²) in [6.45, 7) is 3.86. The molecule has 0 aliphatic heterocycles. The first kappa shape index (κ1) is 16.0. The van der Waals surface area contributed by atoms with E-state index in [0.29, 0.717) is 6.54 Å². The van der Waals surface area contributed by atoms with Gasteiger partial charge >= 0.3 is 0 Å². The SMILES string of the molecule is CCC1CCC(C#N)C(N(CCO)Cc2ccccc2)C1. The quantitative estimate of drug-likeness (QED) is 0.873. The van der Waals surface area contributed by atoms with Crippen LogP contribution in [0, 0.1) is 23.2 Å². The van der Waals surface area contributed by atoms with Gasteiger partial charge in [-0.1, -0.05) is 43.7 Å². The first-order chi connectivity index (χ1) is 10.3. The standard InChI is InChI=1S/C18H26N2O/c1-2-15-8-9-17(13-19)18(12-15)20(10-11-21)14-16-6-4-3-5-7-16/h3-7,15,17-18,21H,2,8-12,14H2,1H3. The number of hydrogen-bond acceptors (Lipinski definition) is 3. The number of nitrogens with zero attached hydrogens (tertiary/aromatic N) is 2. The highest BCUT2D eigenvalue weighted by atomic mass is 16.3. The topological polar surface area (TPSA) is 47.3 Å². The Kier molecular flexibility index (Phi) is 6.22. The first-order valence-corrected chi connectivity index (χ1v) is 8.07. The van der Waals surface area contributed by atoms with E-state index in [0.717, 1.165) is 25.3 Å². The minimum absolute atomic E-state index is 0.100. The van der Waals surface area contributed by atoms with E-state index in [1.165, 1.54) is 18.4 Å². The molecule has 21 heavy (non-hydrogen) atoms. The van der Waals surface area contributed by atoms with Crippen molar-refractivity contribution in [2.24, 2.45) is 11.8 Å². The monoisotopic (exact) mass is 286 g/mol. The second kappa shape index (κ2) is 8.17. The summed E-state index contributed by atoms with van der Waals surface area (Å²) in [4.78, 5) is 2.31. The largest absolute Gasteiger partial charge is 0.395 e. The van der Waals surface area contributed by atoms with E-state index >= 15 is 0 Å². The summed E-state index contributed by atoms with van der Waals surface area (Å²) in [6, 6.07) is 13.1. The number of nitriles is 1. The van der Waals surface area contributed by atoms with Crippen molar-refractivity contribution in [3.63, 3.8) is 0 Å². The van der Waals surface area contributed by atoms with Crippen LogP contribution in [0.25, 0.3) is 0 Å². The molecule has 0 radical (unpaired) electrons. The minimum atomic E-state index is 0.100. The van der Waals surface area contributed by atoms with Gasteiger partial charge in [0.15, 0.2) is 0 Å². The Balaban J connectivity index is 2.12. The third kappa shape index (κ3) is 4.30. The summed E-state index contributed by atoms with van der Waals surface area (Å²) in [5.41, 5.74) is 1.25. The van der Waals surface area contributed by atoms with Crippen molar-refractivity contribution in [2.75, 3.05) is 13.2 Å². The van der Waals surface area contributed by atoms with E-state index in [9.17, 15) is 10.4 Å². The van der Waals surface area contributed by atoms with Crippen LogP contribution < -0.4 is 0 Å². The summed E-state index contributed by atoms with van der Waals surface area (Å²) in [5.74, 6) is 0.819. The van der Waals surface area contributed by atoms with Crippen molar-refractivity contribution in [3.05, 3.63) is 35.9 Å². The van der Waals surface area contributed by atoms with Crippen LogP contribution in [0.1, 0.15) is 38.2 Å². The maximum Gasteiger partial charge on any atom is 0.0672 e. The molecule has 0 heterocycles. The summed E-state index contributed by atoms with van der Waals surface area (Å²) in [6.07, 6.45) is 4.44. The third-order valence-corrected chi connectivity index (χ3v) is 4.75. The molecule has 3 unspecified atom stereocenters. The summed E-state index contributed by atoms with van der Waals surface area (Å²) in [7, 11) is 0. The van der Waals surface area contributed by atoms with Gasteiger partial charge in [0, 0.05) is 19.1 Å². The van der Waals surface area contributed by atoms with Gasteiger partial charge in [-0.25, -0.2) is 0 Å². The Morgan fingerprint density at radius 1 is 1.29 bits per heavy atom. The first-order valence-electron chi connectivity index (χ1n) is 8.07.